The van der Waals surface area contributed by atoms with Gasteiger partial charge in [0.1, 0.15) is 0 Å². The Hall–Kier alpha value is -7.70. The summed E-state index contributed by atoms with van der Waals surface area (Å²) in [5.74, 6) is 0.697. The van der Waals surface area contributed by atoms with E-state index in [4.69, 9.17) is 15.0 Å². The highest BCUT2D eigenvalue weighted by Crippen LogP contribution is 2.63. The first kappa shape index (κ1) is 36.8. The highest BCUT2D eigenvalue weighted by molar-refractivity contribution is 7.99. The molecule has 4 heterocycles. The molecule has 0 radical (unpaired) electrons. The summed E-state index contributed by atoms with van der Waals surface area (Å²) in [7, 11) is 0. The maximum Gasteiger partial charge on any atom is 0.160 e. The quantitative estimate of drug-likeness (QED) is 0.165. The molecule has 0 saturated carbocycles. The van der Waals surface area contributed by atoms with Crippen molar-refractivity contribution in [1.82, 2.24) is 15.0 Å². The second-order valence-electron chi connectivity index (χ2n) is 17.0. The summed E-state index contributed by atoms with van der Waals surface area (Å²) in [5.41, 5.74) is 15.2. The predicted octanol–water partition coefficient (Wildman–Crippen LogP) is 16.0. The van der Waals surface area contributed by atoms with Crippen molar-refractivity contribution in [1.29, 1.82) is 0 Å². The van der Waals surface area contributed by atoms with Gasteiger partial charge in [0.05, 0.1) is 28.0 Å². The molecule has 0 saturated heterocycles. The van der Waals surface area contributed by atoms with Gasteiger partial charge in [-0.2, -0.15) is 0 Å². The number of hydrogen-bond acceptors (Lipinski definition) is 5. The third-order valence-electron chi connectivity index (χ3n) is 13.5. The van der Waals surface area contributed by atoms with E-state index in [1.165, 1.54) is 68.7 Å². The molecule has 1 aliphatic heterocycles. The lowest BCUT2D eigenvalue weighted by Gasteiger charge is -2.39. The molecule has 302 valence electrons. The van der Waals surface area contributed by atoms with Gasteiger partial charge >= 0.3 is 0 Å². The smallest absolute Gasteiger partial charge is 0.160 e. The van der Waals surface area contributed by atoms with Gasteiger partial charge in [-0.1, -0.05) is 188 Å². The second-order valence-corrected chi connectivity index (χ2v) is 19.1. The largest absolute Gasteiger partial charge is 0.247 e. The van der Waals surface area contributed by atoms with Gasteiger partial charge in [0, 0.05) is 68.4 Å². The van der Waals surface area contributed by atoms with Crippen LogP contribution in [0.15, 0.2) is 222 Å². The molecule has 0 atom stereocenters. The van der Waals surface area contributed by atoms with E-state index in [0.717, 1.165) is 55.6 Å². The summed E-state index contributed by atoms with van der Waals surface area (Å²) in [6, 6.07) is 77.1. The van der Waals surface area contributed by atoms with Crippen molar-refractivity contribution in [3.05, 3.63) is 235 Å². The summed E-state index contributed by atoms with van der Waals surface area (Å²) in [6.07, 6.45) is 0. The van der Waals surface area contributed by atoms with E-state index in [1.54, 1.807) is 0 Å². The lowest BCUT2D eigenvalue weighted by atomic mass is 9.67. The van der Waals surface area contributed by atoms with Crippen LogP contribution in [0.5, 0.6) is 0 Å². The van der Waals surface area contributed by atoms with Crippen LogP contribution in [0.25, 0.3) is 98.1 Å². The maximum atomic E-state index is 5.52. The van der Waals surface area contributed by atoms with Gasteiger partial charge in [-0.25, -0.2) is 15.0 Å². The van der Waals surface area contributed by atoms with Crippen molar-refractivity contribution < 1.29 is 0 Å². The number of benzene rings is 9. The summed E-state index contributed by atoms with van der Waals surface area (Å²) >= 11 is 3.70. The first-order chi connectivity index (χ1) is 32.2. The van der Waals surface area contributed by atoms with Gasteiger partial charge < -0.3 is 0 Å². The number of aromatic nitrogens is 3. The fourth-order valence-electron chi connectivity index (χ4n) is 10.8. The van der Waals surface area contributed by atoms with Gasteiger partial charge in [0.2, 0.25) is 0 Å². The zero-order valence-corrected chi connectivity index (χ0v) is 36.5. The Bertz CT molecular complexity index is 3890. The molecule has 0 unspecified atom stereocenters. The molecule has 0 amide bonds. The molecule has 0 fully saturated rings. The van der Waals surface area contributed by atoms with E-state index in [1.807, 2.05) is 29.2 Å². The lowest BCUT2D eigenvalue weighted by molar-refractivity contribution is 0.723. The molecule has 1 spiro atoms. The van der Waals surface area contributed by atoms with E-state index >= 15 is 0 Å². The molecule has 0 N–H and O–H groups in total. The Kier molecular flexibility index (Phi) is 8.00. The van der Waals surface area contributed by atoms with Crippen LogP contribution in [0.4, 0.5) is 0 Å². The van der Waals surface area contributed by atoms with Crippen LogP contribution < -0.4 is 0 Å². The molecule has 1 aliphatic carbocycles. The minimum atomic E-state index is -0.502. The molecule has 3 nitrogen and oxygen atoms in total. The van der Waals surface area contributed by atoms with Crippen LogP contribution in [0.2, 0.25) is 0 Å². The van der Waals surface area contributed by atoms with Crippen molar-refractivity contribution in [2.24, 2.45) is 0 Å². The summed E-state index contributed by atoms with van der Waals surface area (Å²) in [5, 5.41) is 5.95. The summed E-state index contributed by atoms with van der Waals surface area (Å²) in [6.45, 7) is 0. The van der Waals surface area contributed by atoms with E-state index in [0.29, 0.717) is 5.82 Å². The average Bonchev–Trinajstić information content (AvgIpc) is 3.90. The fourth-order valence-corrected chi connectivity index (χ4v) is 13.2. The maximum absolute atomic E-state index is 5.52. The minimum absolute atomic E-state index is 0.502. The van der Waals surface area contributed by atoms with E-state index < -0.39 is 5.41 Å². The fraction of sp³-hybridized carbons (Fsp3) is 0.0167. The molecule has 65 heavy (non-hydrogen) atoms. The van der Waals surface area contributed by atoms with E-state index in [9.17, 15) is 0 Å². The van der Waals surface area contributed by atoms with Crippen LogP contribution >= 0.6 is 23.1 Å². The number of nitrogens with zero attached hydrogens (tertiary/aromatic N) is 3. The predicted molar refractivity (Wildman–Crippen MR) is 271 cm³/mol. The first-order valence-corrected chi connectivity index (χ1v) is 23.6. The van der Waals surface area contributed by atoms with Gasteiger partial charge in [-0.15, -0.1) is 11.3 Å². The van der Waals surface area contributed by atoms with Gasteiger partial charge in [0.25, 0.3) is 0 Å². The molecular weight excluding hydrogens is 827 g/mol. The van der Waals surface area contributed by atoms with Crippen molar-refractivity contribution in [3.63, 3.8) is 0 Å². The van der Waals surface area contributed by atoms with Crippen LogP contribution in [0.3, 0.4) is 0 Å². The van der Waals surface area contributed by atoms with Crippen molar-refractivity contribution >= 4 is 64.9 Å². The third kappa shape index (κ3) is 5.34. The molecule has 9 aromatic carbocycles. The van der Waals surface area contributed by atoms with E-state index in [2.05, 4.69) is 206 Å². The van der Waals surface area contributed by atoms with Gasteiger partial charge in [0.15, 0.2) is 5.82 Å². The summed E-state index contributed by atoms with van der Waals surface area (Å²) in [4.78, 5) is 18.8. The molecule has 2 aliphatic rings. The molecule has 12 aromatic rings. The van der Waals surface area contributed by atoms with E-state index in [-0.39, 0.29) is 0 Å². The highest BCUT2D eigenvalue weighted by atomic mass is 32.2. The number of fused-ring (bicyclic) bond motifs is 16. The lowest BCUT2D eigenvalue weighted by Crippen LogP contribution is -2.31. The molecule has 3 aromatic heterocycles. The molecule has 5 heteroatoms. The monoisotopic (exact) mass is 861 g/mol. The van der Waals surface area contributed by atoms with Crippen molar-refractivity contribution in [2.75, 3.05) is 0 Å². The number of pyridine rings is 1. The van der Waals surface area contributed by atoms with Crippen molar-refractivity contribution in [2.45, 2.75) is 15.2 Å². The molecule has 14 rings (SSSR count). The Balaban J connectivity index is 1.08. The van der Waals surface area contributed by atoms with Crippen molar-refractivity contribution in [3.8, 4) is 56.3 Å². The average molecular weight is 862 g/mol. The van der Waals surface area contributed by atoms with Crippen LogP contribution in [0, 0.1) is 0 Å². The zero-order chi connectivity index (χ0) is 42.6. The normalized spacial score (nSPS) is 13.3. The minimum Gasteiger partial charge on any atom is -0.247 e. The number of thiophene rings is 1. The summed E-state index contributed by atoms with van der Waals surface area (Å²) < 4.78 is 2.50. The second kappa shape index (κ2) is 14.2. The standard InChI is InChI=1S/C60H35N3S2/c1-3-16-36(17-4-1)57-43-31-32-48-56(41-21-7-9-24-45(41)60(48)46-25-10-13-28-53(46)64-54-29-14-11-26-47(54)60)55(43)44-34-38(30-33-49(44)61-57)50-35-51(63-59(62-50)37-18-5-2-6-19-37)42-23-15-22-40-39-20-8-12-27-52(39)65-58(40)42/h1-35H. The Labute approximate surface area is 383 Å². The Morgan fingerprint density at radius 2 is 1.03 bits per heavy atom. The highest BCUT2D eigenvalue weighted by Gasteiger charge is 2.50. The first-order valence-electron chi connectivity index (χ1n) is 22.0. The SMILES string of the molecule is c1ccc(-c2nc(-c3ccc4nc(-c5ccccc5)c5ccc6c(c5c4c3)-c3ccccc3C63c4ccccc4Sc4ccccc43)cc(-c3cccc4c3sc3ccccc34)n2)cc1. The van der Waals surface area contributed by atoms with Gasteiger partial charge in [-0.3, -0.25) is 0 Å². The molecule has 0 bridgehead atoms. The van der Waals surface area contributed by atoms with Crippen LogP contribution in [0.1, 0.15) is 22.3 Å². The van der Waals surface area contributed by atoms with Gasteiger partial charge in [-0.05, 0) is 69.8 Å². The number of rotatable bonds is 4. The number of hydrogen-bond donors (Lipinski definition) is 0. The van der Waals surface area contributed by atoms with Crippen LogP contribution in [-0.2, 0) is 5.41 Å². The Morgan fingerprint density at radius 3 is 1.83 bits per heavy atom. The Morgan fingerprint density at radius 1 is 0.385 bits per heavy atom. The topological polar surface area (TPSA) is 38.7 Å². The van der Waals surface area contributed by atoms with Crippen LogP contribution in [-0.4, -0.2) is 15.0 Å². The third-order valence-corrected chi connectivity index (χ3v) is 15.9. The zero-order valence-electron chi connectivity index (χ0n) is 34.9. The molecular formula is C60H35N3S2.